The molecule has 0 aliphatic carbocycles. The van der Waals surface area contributed by atoms with E-state index in [-0.39, 0.29) is 11.4 Å². The van der Waals surface area contributed by atoms with E-state index in [4.69, 9.17) is 16.3 Å². The first-order valence-electron chi connectivity index (χ1n) is 8.96. The first kappa shape index (κ1) is 20.0. The normalized spacial score (nSPS) is 17.1. The van der Waals surface area contributed by atoms with Gasteiger partial charge in [0.05, 0.1) is 6.54 Å². The zero-order chi connectivity index (χ0) is 18.3. The van der Waals surface area contributed by atoms with Crippen molar-refractivity contribution in [2.24, 2.45) is 0 Å². The van der Waals surface area contributed by atoms with E-state index >= 15 is 0 Å². The molecule has 5 nitrogen and oxygen atoms in total. The Morgan fingerprint density at radius 3 is 2.44 bits per heavy atom. The molecule has 1 aromatic carbocycles. The number of nitrogens with one attached hydrogen (secondary N) is 1. The number of amides is 1. The number of carbonyl (C=O) groups is 1. The quantitative estimate of drug-likeness (QED) is 0.839. The highest BCUT2D eigenvalue weighted by Gasteiger charge is 2.19. The van der Waals surface area contributed by atoms with Gasteiger partial charge in [0.2, 0.25) is 5.91 Å². The van der Waals surface area contributed by atoms with E-state index in [1.54, 1.807) is 0 Å². The van der Waals surface area contributed by atoms with Crippen LogP contribution in [0, 0.1) is 0 Å². The maximum atomic E-state index is 12.1. The standard InChI is InChI=1S/C19H30ClN3O2/c1-19(2,3)21-18(24)15-23-10-4-9-22(11-12-23)13-14-25-17-7-5-16(20)6-8-17/h5-8H,4,9-15H2,1-3H3,(H,21,24). The van der Waals surface area contributed by atoms with Crippen molar-refractivity contribution < 1.29 is 9.53 Å². The smallest absolute Gasteiger partial charge is 0.234 e. The molecule has 25 heavy (non-hydrogen) atoms. The zero-order valence-electron chi connectivity index (χ0n) is 15.6. The van der Waals surface area contributed by atoms with Crippen molar-refractivity contribution in [1.29, 1.82) is 0 Å². The second-order valence-electron chi connectivity index (χ2n) is 7.57. The number of hydrogen-bond donors (Lipinski definition) is 1. The highest BCUT2D eigenvalue weighted by atomic mass is 35.5. The molecule has 0 saturated carbocycles. The number of carbonyl (C=O) groups excluding carboxylic acids is 1. The van der Waals surface area contributed by atoms with E-state index in [0.29, 0.717) is 13.2 Å². The molecule has 0 atom stereocenters. The van der Waals surface area contributed by atoms with Crippen molar-refractivity contribution in [2.75, 3.05) is 45.9 Å². The average molecular weight is 368 g/mol. The molecule has 1 aliphatic rings. The van der Waals surface area contributed by atoms with Gasteiger partial charge in [-0.25, -0.2) is 0 Å². The molecule has 0 bridgehead atoms. The van der Waals surface area contributed by atoms with Crippen LogP contribution in [0.1, 0.15) is 27.2 Å². The van der Waals surface area contributed by atoms with Gasteiger partial charge in [0.15, 0.2) is 0 Å². The predicted molar refractivity (Wildman–Crippen MR) is 102 cm³/mol. The lowest BCUT2D eigenvalue weighted by Gasteiger charge is -2.25. The molecule has 0 unspecified atom stereocenters. The Kier molecular flexibility index (Phi) is 7.54. The van der Waals surface area contributed by atoms with Crippen LogP contribution in [0.2, 0.25) is 5.02 Å². The first-order chi connectivity index (χ1) is 11.8. The van der Waals surface area contributed by atoms with E-state index < -0.39 is 0 Å². The SMILES string of the molecule is CC(C)(C)NC(=O)CN1CCCN(CCOc2ccc(Cl)cc2)CC1. The third kappa shape index (κ3) is 8.08. The molecule has 1 heterocycles. The summed E-state index contributed by atoms with van der Waals surface area (Å²) in [6, 6.07) is 7.45. The van der Waals surface area contributed by atoms with Crippen LogP contribution in [0.5, 0.6) is 5.75 Å². The molecule has 2 rings (SSSR count). The molecular formula is C19H30ClN3O2. The summed E-state index contributed by atoms with van der Waals surface area (Å²) < 4.78 is 5.77. The number of ether oxygens (including phenoxy) is 1. The molecule has 1 saturated heterocycles. The molecule has 0 radical (unpaired) electrons. The van der Waals surface area contributed by atoms with Crippen LogP contribution in [0.3, 0.4) is 0 Å². The summed E-state index contributed by atoms with van der Waals surface area (Å²) in [5, 5.41) is 3.75. The van der Waals surface area contributed by atoms with Gasteiger partial charge in [-0.1, -0.05) is 11.6 Å². The van der Waals surface area contributed by atoms with Crippen LogP contribution in [0.15, 0.2) is 24.3 Å². The Morgan fingerprint density at radius 2 is 1.76 bits per heavy atom. The Bertz CT molecular complexity index is 543. The number of hydrogen-bond acceptors (Lipinski definition) is 4. The summed E-state index contributed by atoms with van der Waals surface area (Å²) in [5.74, 6) is 0.951. The van der Waals surface area contributed by atoms with Crippen LogP contribution < -0.4 is 10.1 Å². The molecule has 1 N–H and O–H groups in total. The van der Waals surface area contributed by atoms with E-state index in [0.717, 1.165) is 49.9 Å². The third-order valence-electron chi connectivity index (χ3n) is 4.05. The van der Waals surface area contributed by atoms with Gasteiger partial charge in [-0.05, 0) is 64.5 Å². The molecule has 0 spiro atoms. The number of nitrogens with zero attached hydrogens (tertiary/aromatic N) is 2. The monoisotopic (exact) mass is 367 g/mol. The minimum atomic E-state index is -0.173. The maximum absolute atomic E-state index is 12.1. The lowest BCUT2D eigenvalue weighted by Crippen LogP contribution is -2.46. The van der Waals surface area contributed by atoms with E-state index in [1.807, 2.05) is 45.0 Å². The highest BCUT2D eigenvalue weighted by molar-refractivity contribution is 6.30. The molecule has 6 heteroatoms. The Hall–Kier alpha value is -1.30. The second-order valence-corrected chi connectivity index (χ2v) is 8.01. The van der Waals surface area contributed by atoms with Crippen molar-refractivity contribution in [3.63, 3.8) is 0 Å². The summed E-state index contributed by atoms with van der Waals surface area (Å²) in [5.41, 5.74) is -0.173. The average Bonchev–Trinajstić information content (AvgIpc) is 2.73. The number of halogens is 1. The lowest BCUT2D eigenvalue weighted by molar-refractivity contribution is -0.123. The van der Waals surface area contributed by atoms with Gasteiger partial charge in [-0.3, -0.25) is 14.6 Å². The molecule has 140 valence electrons. The Morgan fingerprint density at radius 1 is 1.12 bits per heavy atom. The summed E-state index contributed by atoms with van der Waals surface area (Å²) in [7, 11) is 0. The van der Waals surface area contributed by atoms with Crippen molar-refractivity contribution in [2.45, 2.75) is 32.7 Å². The van der Waals surface area contributed by atoms with Crippen LogP contribution in [0.4, 0.5) is 0 Å². The Balaban J connectivity index is 1.68. The summed E-state index contributed by atoms with van der Waals surface area (Å²) in [6.45, 7) is 11.9. The minimum absolute atomic E-state index is 0.104. The van der Waals surface area contributed by atoms with Gasteiger partial charge in [-0.15, -0.1) is 0 Å². The fourth-order valence-electron chi connectivity index (χ4n) is 2.89. The summed E-state index contributed by atoms with van der Waals surface area (Å²) in [6.07, 6.45) is 1.07. The van der Waals surface area contributed by atoms with Crippen LogP contribution in [-0.2, 0) is 4.79 Å². The van der Waals surface area contributed by atoms with E-state index in [9.17, 15) is 4.79 Å². The third-order valence-corrected chi connectivity index (χ3v) is 4.30. The highest BCUT2D eigenvalue weighted by Crippen LogP contribution is 2.15. The van der Waals surface area contributed by atoms with Crippen LogP contribution in [-0.4, -0.2) is 67.1 Å². The van der Waals surface area contributed by atoms with Crippen molar-refractivity contribution in [1.82, 2.24) is 15.1 Å². The van der Waals surface area contributed by atoms with Crippen molar-refractivity contribution in [3.8, 4) is 5.75 Å². The van der Waals surface area contributed by atoms with Crippen LogP contribution in [0.25, 0.3) is 0 Å². The largest absolute Gasteiger partial charge is 0.492 e. The topological polar surface area (TPSA) is 44.8 Å². The first-order valence-corrected chi connectivity index (χ1v) is 9.34. The van der Waals surface area contributed by atoms with E-state index in [2.05, 4.69) is 15.1 Å². The van der Waals surface area contributed by atoms with E-state index in [1.165, 1.54) is 0 Å². The van der Waals surface area contributed by atoms with Crippen molar-refractivity contribution >= 4 is 17.5 Å². The van der Waals surface area contributed by atoms with Crippen molar-refractivity contribution in [3.05, 3.63) is 29.3 Å². The molecular weight excluding hydrogens is 338 g/mol. The van der Waals surface area contributed by atoms with Gasteiger partial charge in [0.1, 0.15) is 12.4 Å². The number of benzene rings is 1. The molecule has 0 aromatic heterocycles. The lowest BCUT2D eigenvalue weighted by atomic mass is 10.1. The maximum Gasteiger partial charge on any atom is 0.234 e. The fourth-order valence-corrected chi connectivity index (χ4v) is 3.02. The zero-order valence-corrected chi connectivity index (χ0v) is 16.3. The minimum Gasteiger partial charge on any atom is -0.492 e. The Labute approximate surface area is 156 Å². The van der Waals surface area contributed by atoms with Gasteiger partial charge in [0.25, 0.3) is 0 Å². The van der Waals surface area contributed by atoms with Gasteiger partial charge in [-0.2, -0.15) is 0 Å². The second kappa shape index (κ2) is 9.41. The molecule has 1 fully saturated rings. The summed E-state index contributed by atoms with van der Waals surface area (Å²) >= 11 is 5.87. The van der Waals surface area contributed by atoms with Crippen LogP contribution >= 0.6 is 11.6 Å². The molecule has 1 amide bonds. The predicted octanol–water partition coefficient (Wildman–Crippen LogP) is 2.64. The summed E-state index contributed by atoms with van der Waals surface area (Å²) in [4.78, 5) is 16.7. The van der Waals surface area contributed by atoms with Gasteiger partial charge >= 0.3 is 0 Å². The fraction of sp³-hybridized carbons (Fsp3) is 0.632. The number of rotatable bonds is 6. The van der Waals surface area contributed by atoms with Gasteiger partial charge in [0, 0.05) is 30.2 Å². The van der Waals surface area contributed by atoms with Gasteiger partial charge < -0.3 is 10.1 Å². The molecule has 1 aromatic rings. The molecule has 1 aliphatic heterocycles.